The Morgan fingerprint density at radius 3 is 2.00 bits per heavy atom. The van der Waals surface area contributed by atoms with E-state index in [0.717, 1.165) is 10.0 Å². The molecule has 3 rings (SSSR count). The Balaban J connectivity index is 1.81. The number of fused-ring (bicyclic) bond motifs is 1. The minimum Gasteiger partial charge on any atom is -0.454 e. The normalized spacial score (nSPS) is 13.9. The van der Waals surface area contributed by atoms with Crippen LogP contribution in [0.5, 0.6) is 0 Å². The molecule has 0 spiro atoms. The highest BCUT2D eigenvalue weighted by Crippen LogP contribution is 2.45. The Kier molecular flexibility index (Phi) is 8.20. The topological polar surface area (TPSA) is 92.8 Å². The maximum atomic E-state index is 13.1. The molecule has 0 saturated carbocycles. The number of aryl methyl sites for hydroxylation is 1. The fourth-order valence-electron chi connectivity index (χ4n) is 3.47. The first kappa shape index (κ1) is 26.8. The molecule has 2 aromatic rings. The average molecular weight is 611 g/mol. The van der Waals surface area contributed by atoms with Gasteiger partial charge in [-0.3, -0.25) is 19.3 Å². The molecule has 1 aliphatic rings. The lowest BCUT2D eigenvalue weighted by atomic mass is 10.0. The number of rotatable bonds is 6. The number of anilines is 1. The number of esters is 1. The van der Waals surface area contributed by atoms with Gasteiger partial charge in [0.05, 0.1) is 31.2 Å². The Morgan fingerprint density at radius 2 is 1.53 bits per heavy atom. The molecular formula is C22H17BrCl4N2O5. The molecule has 3 amide bonds. The SMILES string of the molecule is Cc1cc(Br)ccc1NC(=O)COC(=O)[C@H](C(C)C)N1C(=O)c2c(Cl)c(Cl)c(Cl)c(Cl)c2C1=O. The molecule has 0 radical (unpaired) electrons. The third-order valence-corrected chi connectivity index (χ3v) is 7.39. The van der Waals surface area contributed by atoms with Crippen LogP contribution in [0, 0.1) is 12.8 Å². The van der Waals surface area contributed by atoms with Crippen LogP contribution in [-0.2, 0) is 14.3 Å². The smallest absolute Gasteiger partial charge is 0.330 e. The molecule has 0 unspecified atom stereocenters. The predicted molar refractivity (Wildman–Crippen MR) is 134 cm³/mol. The standard InChI is InChI=1S/C22H17BrCl4N2O5/c1-8(2)19(22(33)34-7-12(30)28-11-5-4-10(23)6-9(11)3)29-20(31)13-14(21(29)32)16(25)18(27)17(26)15(13)24/h4-6,8,19H,7H2,1-3H3,(H,28,30)/t19-/m0/s1. The Hall–Kier alpha value is -1.84. The average Bonchev–Trinajstić information content (AvgIpc) is 3.02. The molecule has 1 aliphatic heterocycles. The van der Waals surface area contributed by atoms with Crippen molar-refractivity contribution in [2.45, 2.75) is 26.8 Å². The largest absolute Gasteiger partial charge is 0.454 e. The zero-order valence-electron chi connectivity index (χ0n) is 18.0. The van der Waals surface area contributed by atoms with Crippen molar-refractivity contribution < 1.29 is 23.9 Å². The van der Waals surface area contributed by atoms with Crippen LogP contribution in [0.2, 0.25) is 20.1 Å². The van der Waals surface area contributed by atoms with Gasteiger partial charge in [-0.2, -0.15) is 0 Å². The third kappa shape index (κ3) is 4.93. The summed E-state index contributed by atoms with van der Waals surface area (Å²) in [5.74, 6) is -3.83. The second kappa shape index (κ2) is 10.4. The summed E-state index contributed by atoms with van der Waals surface area (Å²) in [5, 5.41) is 1.79. The summed E-state index contributed by atoms with van der Waals surface area (Å²) in [6.07, 6.45) is 0. The van der Waals surface area contributed by atoms with E-state index in [1.807, 2.05) is 6.07 Å². The van der Waals surface area contributed by atoms with Crippen LogP contribution in [0.4, 0.5) is 5.69 Å². The van der Waals surface area contributed by atoms with E-state index in [9.17, 15) is 19.2 Å². The van der Waals surface area contributed by atoms with Crippen molar-refractivity contribution in [3.8, 4) is 0 Å². The maximum absolute atomic E-state index is 13.1. The van der Waals surface area contributed by atoms with Gasteiger partial charge in [0.2, 0.25) is 0 Å². The van der Waals surface area contributed by atoms with Crippen molar-refractivity contribution in [2.24, 2.45) is 5.92 Å². The highest BCUT2D eigenvalue weighted by Gasteiger charge is 2.48. The summed E-state index contributed by atoms with van der Waals surface area (Å²) < 4.78 is 6.00. The quantitative estimate of drug-likeness (QED) is 0.183. The Labute approximate surface area is 223 Å². The number of nitrogens with one attached hydrogen (secondary N) is 1. The van der Waals surface area contributed by atoms with Gasteiger partial charge in [0.1, 0.15) is 6.04 Å². The monoisotopic (exact) mass is 608 g/mol. The van der Waals surface area contributed by atoms with Gasteiger partial charge in [0, 0.05) is 10.2 Å². The number of amides is 3. The molecule has 1 N–H and O–H groups in total. The molecule has 0 bridgehead atoms. The number of carbonyl (C=O) groups excluding carboxylic acids is 4. The van der Waals surface area contributed by atoms with Gasteiger partial charge in [0.15, 0.2) is 6.61 Å². The molecule has 0 fully saturated rings. The van der Waals surface area contributed by atoms with Crippen molar-refractivity contribution in [2.75, 3.05) is 11.9 Å². The van der Waals surface area contributed by atoms with Crippen LogP contribution in [0.25, 0.3) is 0 Å². The van der Waals surface area contributed by atoms with E-state index in [-0.39, 0.29) is 31.2 Å². The number of imide groups is 1. The number of ether oxygens (including phenoxy) is 1. The summed E-state index contributed by atoms with van der Waals surface area (Å²) in [7, 11) is 0. The van der Waals surface area contributed by atoms with Gasteiger partial charge in [-0.05, 0) is 36.6 Å². The van der Waals surface area contributed by atoms with Gasteiger partial charge in [-0.1, -0.05) is 76.2 Å². The minimum absolute atomic E-state index is 0.182. The summed E-state index contributed by atoms with van der Waals surface area (Å²) in [6.45, 7) is 4.41. The van der Waals surface area contributed by atoms with Crippen LogP contribution in [0.15, 0.2) is 22.7 Å². The first-order chi connectivity index (χ1) is 15.9. The van der Waals surface area contributed by atoms with Crippen LogP contribution in [0.1, 0.15) is 40.1 Å². The van der Waals surface area contributed by atoms with Gasteiger partial charge >= 0.3 is 5.97 Å². The van der Waals surface area contributed by atoms with Crippen molar-refractivity contribution in [3.63, 3.8) is 0 Å². The van der Waals surface area contributed by atoms with E-state index in [1.165, 1.54) is 0 Å². The first-order valence-electron chi connectivity index (χ1n) is 9.83. The van der Waals surface area contributed by atoms with Crippen molar-refractivity contribution in [3.05, 3.63) is 59.5 Å². The second-order valence-corrected chi connectivity index (χ2v) is 10.2. The molecule has 0 saturated heterocycles. The lowest BCUT2D eigenvalue weighted by Gasteiger charge is -2.27. The molecule has 12 heteroatoms. The maximum Gasteiger partial charge on any atom is 0.330 e. The molecule has 0 aliphatic carbocycles. The molecule has 1 atom stereocenters. The van der Waals surface area contributed by atoms with Gasteiger partial charge in [-0.25, -0.2) is 4.79 Å². The van der Waals surface area contributed by atoms with Crippen molar-refractivity contribution >= 4 is 91.7 Å². The van der Waals surface area contributed by atoms with E-state index in [4.69, 9.17) is 51.1 Å². The van der Waals surface area contributed by atoms with E-state index in [2.05, 4.69) is 21.2 Å². The van der Waals surface area contributed by atoms with E-state index in [0.29, 0.717) is 10.6 Å². The Bertz CT molecular complexity index is 1190. The highest BCUT2D eigenvalue weighted by atomic mass is 79.9. The van der Waals surface area contributed by atoms with Crippen LogP contribution in [-0.4, -0.2) is 41.2 Å². The second-order valence-electron chi connectivity index (χ2n) is 7.79. The van der Waals surface area contributed by atoms with Crippen LogP contribution < -0.4 is 5.32 Å². The van der Waals surface area contributed by atoms with Crippen LogP contribution in [0.3, 0.4) is 0 Å². The number of hydrogen-bond acceptors (Lipinski definition) is 5. The summed E-state index contributed by atoms with van der Waals surface area (Å²) in [6, 6.07) is 3.91. The summed E-state index contributed by atoms with van der Waals surface area (Å²) in [4.78, 5) is 52.2. The number of halogens is 5. The fourth-order valence-corrected chi connectivity index (χ4v) is 4.96. The molecular weight excluding hydrogens is 594 g/mol. The van der Waals surface area contributed by atoms with Gasteiger partial charge in [0.25, 0.3) is 17.7 Å². The molecule has 0 aromatic heterocycles. The zero-order chi connectivity index (χ0) is 25.5. The van der Waals surface area contributed by atoms with Gasteiger partial charge < -0.3 is 10.1 Å². The number of carbonyl (C=O) groups is 4. The molecule has 34 heavy (non-hydrogen) atoms. The highest BCUT2D eigenvalue weighted by molar-refractivity contribution is 9.10. The first-order valence-corrected chi connectivity index (χ1v) is 12.1. The molecule has 180 valence electrons. The zero-order valence-corrected chi connectivity index (χ0v) is 22.6. The minimum atomic E-state index is -1.35. The molecule has 7 nitrogen and oxygen atoms in total. The fraction of sp³-hybridized carbons (Fsp3) is 0.273. The molecule has 1 heterocycles. The lowest BCUT2D eigenvalue weighted by Crippen LogP contribution is -2.49. The summed E-state index contributed by atoms with van der Waals surface area (Å²) >= 11 is 27.7. The van der Waals surface area contributed by atoms with E-state index < -0.39 is 42.3 Å². The van der Waals surface area contributed by atoms with Crippen molar-refractivity contribution in [1.82, 2.24) is 4.90 Å². The lowest BCUT2D eigenvalue weighted by molar-refractivity contribution is -0.152. The Morgan fingerprint density at radius 1 is 1.00 bits per heavy atom. The number of benzene rings is 2. The molecule has 2 aromatic carbocycles. The van der Waals surface area contributed by atoms with Crippen molar-refractivity contribution in [1.29, 1.82) is 0 Å². The van der Waals surface area contributed by atoms with E-state index >= 15 is 0 Å². The summed E-state index contributed by atoms with van der Waals surface area (Å²) in [5.41, 5.74) is 0.857. The van der Waals surface area contributed by atoms with E-state index in [1.54, 1.807) is 32.9 Å². The van der Waals surface area contributed by atoms with Gasteiger partial charge in [-0.15, -0.1) is 0 Å². The number of nitrogens with zero attached hydrogens (tertiary/aromatic N) is 1. The third-order valence-electron chi connectivity index (χ3n) is 5.09. The number of hydrogen-bond donors (Lipinski definition) is 1. The predicted octanol–water partition coefficient (Wildman–Crippen LogP) is 6.17. The van der Waals surface area contributed by atoms with Crippen LogP contribution >= 0.6 is 62.3 Å².